The van der Waals surface area contributed by atoms with Gasteiger partial charge < -0.3 is 14.4 Å². The summed E-state index contributed by atoms with van der Waals surface area (Å²) in [4.78, 5) is 13.6. The Morgan fingerprint density at radius 1 is 1.33 bits per heavy atom. The van der Waals surface area contributed by atoms with Crippen LogP contribution in [-0.4, -0.2) is 68.9 Å². The van der Waals surface area contributed by atoms with Crippen LogP contribution < -0.4 is 5.14 Å². The molecule has 0 radical (unpaired) electrons. The Balaban J connectivity index is 2.31. The molecular formula is C11H18N4O5S. The molecule has 1 amide bonds. The van der Waals surface area contributed by atoms with Crippen molar-refractivity contribution in [1.29, 1.82) is 0 Å². The van der Waals surface area contributed by atoms with Crippen LogP contribution in [0.15, 0.2) is 4.90 Å². The molecule has 118 valence electrons. The smallest absolute Gasteiger partial charge is 0.275 e. The van der Waals surface area contributed by atoms with Crippen molar-refractivity contribution < 1.29 is 22.7 Å². The van der Waals surface area contributed by atoms with E-state index in [0.29, 0.717) is 13.1 Å². The highest BCUT2D eigenvalue weighted by molar-refractivity contribution is 7.89. The first-order valence-corrected chi connectivity index (χ1v) is 7.76. The highest BCUT2D eigenvalue weighted by Crippen LogP contribution is 2.22. The molecule has 0 bridgehead atoms. The maximum absolute atomic E-state index is 12.5. The Labute approximate surface area is 122 Å². The van der Waals surface area contributed by atoms with E-state index >= 15 is 0 Å². The number of methoxy groups -OCH3 is 2. The third kappa shape index (κ3) is 2.93. The lowest BCUT2D eigenvalue weighted by atomic mass is 10.3. The van der Waals surface area contributed by atoms with Gasteiger partial charge in [-0.1, -0.05) is 0 Å². The molecule has 1 fully saturated rings. The number of aryl methyl sites for hydroxylation is 1. The van der Waals surface area contributed by atoms with E-state index in [4.69, 9.17) is 14.6 Å². The van der Waals surface area contributed by atoms with Crippen LogP contribution in [0.3, 0.4) is 0 Å². The van der Waals surface area contributed by atoms with Crippen LogP contribution in [0, 0.1) is 6.92 Å². The van der Waals surface area contributed by atoms with E-state index in [9.17, 15) is 13.2 Å². The van der Waals surface area contributed by atoms with Crippen molar-refractivity contribution >= 4 is 15.9 Å². The fourth-order valence-electron chi connectivity index (χ4n) is 2.42. The van der Waals surface area contributed by atoms with Crippen LogP contribution in [0.25, 0.3) is 0 Å². The normalized spacial score (nSPS) is 22.8. The second kappa shape index (κ2) is 5.72. The summed E-state index contributed by atoms with van der Waals surface area (Å²) in [5.41, 5.74) is 0.0215. The van der Waals surface area contributed by atoms with Crippen molar-refractivity contribution in [1.82, 2.24) is 15.1 Å². The molecule has 2 atom stereocenters. The Morgan fingerprint density at radius 2 is 1.86 bits per heavy atom. The molecule has 9 nitrogen and oxygen atoms in total. The van der Waals surface area contributed by atoms with Gasteiger partial charge in [-0.3, -0.25) is 9.89 Å². The third-order valence-corrected chi connectivity index (χ3v) is 4.55. The molecule has 1 aromatic rings. The number of aromatic nitrogens is 2. The largest absolute Gasteiger partial charge is 0.377 e. The number of H-pyrrole nitrogens is 1. The number of nitrogens with two attached hydrogens (primary N) is 1. The minimum Gasteiger partial charge on any atom is -0.377 e. The Bertz CT molecular complexity index is 629. The average molecular weight is 318 g/mol. The Hall–Kier alpha value is -1.49. The summed E-state index contributed by atoms with van der Waals surface area (Å²) in [6.07, 6.45) is -0.533. The van der Waals surface area contributed by atoms with Gasteiger partial charge in [-0.15, -0.1) is 0 Å². The Kier molecular flexibility index (Phi) is 4.33. The highest BCUT2D eigenvalue weighted by Gasteiger charge is 2.38. The van der Waals surface area contributed by atoms with Gasteiger partial charge in [0.05, 0.1) is 5.69 Å². The van der Waals surface area contributed by atoms with E-state index in [1.807, 2.05) is 0 Å². The van der Waals surface area contributed by atoms with Crippen LogP contribution in [0.1, 0.15) is 16.2 Å². The fraction of sp³-hybridized carbons (Fsp3) is 0.636. The summed E-state index contributed by atoms with van der Waals surface area (Å²) in [5, 5.41) is 11.4. The molecule has 0 saturated carbocycles. The molecule has 0 spiro atoms. The van der Waals surface area contributed by atoms with E-state index in [1.165, 1.54) is 26.0 Å². The number of nitrogens with zero attached hydrogens (tertiary/aromatic N) is 2. The number of hydrogen-bond donors (Lipinski definition) is 2. The van der Waals surface area contributed by atoms with E-state index in [-0.39, 0.29) is 28.5 Å². The zero-order valence-corrected chi connectivity index (χ0v) is 12.8. The van der Waals surface area contributed by atoms with E-state index < -0.39 is 15.9 Å². The number of hydrogen-bond acceptors (Lipinski definition) is 6. The lowest BCUT2D eigenvalue weighted by molar-refractivity contribution is -0.00461. The number of rotatable bonds is 4. The van der Waals surface area contributed by atoms with Gasteiger partial charge in [0.1, 0.15) is 17.1 Å². The highest BCUT2D eigenvalue weighted by atomic mass is 32.2. The van der Waals surface area contributed by atoms with Gasteiger partial charge in [0, 0.05) is 27.3 Å². The maximum atomic E-state index is 12.5. The summed E-state index contributed by atoms with van der Waals surface area (Å²) in [5.74, 6) is -0.523. The molecule has 1 aromatic heterocycles. The molecule has 10 heteroatoms. The second-order valence-electron chi connectivity index (χ2n) is 4.83. The van der Waals surface area contributed by atoms with Crippen LogP contribution in [0.5, 0.6) is 0 Å². The first kappa shape index (κ1) is 15.9. The molecule has 0 aliphatic carbocycles. The summed E-state index contributed by atoms with van der Waals surface area (Å²) in [6.45, 7) is 2.08. The fourth-order valence-corrected chi connectivity index (χ4v) is 3.30. The molecule has 2 heterocycles. The first-order chi connectivity index (χ1) is 9.79. The van der Waals surface area contributed by atoms with Crippen LogP contribution in [-0.2, 0) is 19.5 Å². The van der Waals surface area contributed by atoms with Crippen molar-refractivity contribution in [3.8, 4) is 0 Å². The topological polar surface area (TPSA) is 128 Å². The SMILES string of the molecule is COC1CN(C(=O)c2n[nH]c(C)c2S(N)(=O)=O)CC1OC. The van der Waals surface area contributed by atoms with Crippen molar-refractivity contribution in [3.05, 3.63) is 11.4 Å². The first-order valence-electron chi connectivity index (χ1n) is 6.22. The van der Waals surface area contributed by atoms with Crippen molar-refractivity contribution in [2.24, 2.45) is 5.14 Å². The van der Waals surface area contributed by atoms with Gasteiger partial charge in [0.15, 0.2) is 5.69 Å². The number of nitrogens with one attached hydrogen (secondary N) is 1. The predicted octanol–water partition coefficient (Wildman–Crippen LogP) is -1.15. The zero-order valence-electron chi connectivity index (χ0n) is 12.0. The van der Waals surface area contributed by atoms with Crippen LogP contribution in [0.2, 0.25) is 0 Å². The van der Waals surface area contributed by atoms with E-state index in [2.05, 4.69) is 10.2 Å². The molecule has 1 saturated heterocycles. The van der Waals surface area contributed by atoms with Gasteiger partial charge in [-0.05, 0) is 6.92 Å². The summed E-state index contributed by atoms with van der Waals surface area (Å²) in [7, 11) is -0.983. The average Bonchev–Trinajstić information content (AvgIpc) is 3.00. The number of ether oxygens (including phenoxy) is 2. The minimum atomic E-state index is -4.04. The van der Waals surface area contributed by atoms with Gasteiger partial charge in [-0.2, -0.15) is 5.10 Å². The number of aromatic amines is 1. The number of carbonyl (C=O) groups excluding carboxylic acids is 1. The summed E-state index contributed by atoms with van der Waals surface area (Å²) in [6, 6.07) is 0. The monoisotopic (exact) mass is 318 g/mol. The minimum absolute atomic E-state index is 0.207. The number of amides is 1. The number of primary sulfonamides is 1. The second-order valence-corrected chi connectivity index (χ2v) is 6.33. The van der Waals surface area contributed by atoms with Crippen molar-refractivity contribution in [2.45, 2.75) is 24.0 Å². The maximum Gasteiger partial charge on any atom is 0.275 e. The molecule has 3 N–H and O–H groups in total. The number of carbonyl (C=O) groups is 1. The zero-order chi connectivity index (χ0) is 15.8. The van der Waals surface area contributed by atoms with E-state index in [1.54, 1.807) is 0 Å². The summed E-state index contributed by atoms with van der Waals surface area (Å²) < 4.78 is 33.7. The quantitative estimate of drug-likeness (QED) is 0.721. The van der Waals surface area contributed by atoms with E-state index in [0.717, 1.165) is 0 Å². The van der Waals surface area contributed by atoms with Crippen LogP contribution in [0.4, 0.5) is 0 Å². The van der Waals surface area contributed by atoms with Crippen molar-refractivity contribution in [2.75, 3.05) is 27.3 Å². The molecule has 0 aromatic carbocycles. The molecular weight excluding hydrogens is 300 g/mol. The van der Waals surface area contributed by atoms with Crippen LogP contribution >= 0.6 is 0 Å². The standard InChI is InChI=1S/C11H18N4O5S/c1-6-10(21(12,17)18)9(14-13-6)11(16)15-4-7(19-2)8(5-15)20-3/h7-8H,4-5H2,1-3H3,(H,13,14)(H2,12,17,18). The molecule has 2 unspecified atom stereocenters. The van der Waals surface area contributed by atoms with Gasteiger partial charge >= 0.3 is 0 Å². The van der Waals surface area contributed by atoms with Gasteiger partial charge in [0.25, 0.3) is 5.91 Å². The summed E-state index contributed by atoms with van der Waals surface area (Å²) >= 11 is 0. The van der Waals surface area contributed by atoms with Gasteiger partial charge in [-0.25, -0.2) is 13.6 Å². The molecule has 1 aliphatic rings. The van der Waals surface area contributed by atoms with Gasteiger partial charge in [0.2, 0.25) is 10.0 Å². The molecule has 21 heavy (non-hydrogen) atoms. The third-order valence-electron chi connectivity index (χ3n) is 3.49. The Morgan fingerprint density at radius 3 is 2.29 bits per heavy atom. The molecule has 1 aliphatic heterocycles. The number of sulfonamides is 1. The molecule has 2 rings (SSSR count). The lowest BCUT2D eigenvalue weighted by Crippen LogP contribution is -2.32. The number of likely N-dealkylation sites (tertiary alicyclic amines) is 1. The lowest BCUT2D eigenvalue weighted by Gasteiger charge is -2.14. The predicted molar refractivity (Wildman–Crippen MR) is 72.2 cm³/mol. The van der Waals surface area contributed by atoms with Crippen molar-refractivity contribution in [3.63, 3.8) is 0 Å².